The number of carbonyl (C=O) groups is 6. The molecule has 14 nitrogen and oxygen atoms in total. The van der Waals surface area contributed by atoms with Crippen molar-refractivity contribution in [1.29, 1.82) is 0 Å². The van der Waals surface area contributed by atoms with E-state index in [2.05, 4.69) is 21.3 Å². The summed E-state index contributed by atoms with van der Waals surface area (Å²) >= 11 is 1.50. The molecule has 0 aliphatic carbocycles. The van der Waals surface area contributed by atoms with E-state index in [0.717, 1.165) is 18.1 Å². The Kier molecular flexibility index (Phi) is 17.3. The number of amides is 5. The van der Waals surface area contributed by atoms with E-state index in [0.29, 0.717) is 12.2 Å². The Labute approximate surface area is 259 Å². The van der Waals surface area contributed by atoms with E-state index in [1.54, 1.807) is 36.4 Å². The third-order valence-corrected chi connectivity index (χ3v) is 6.45. The summed E-state index contributed by atoms with van der Waals surface area (Å²) in [5, 5.41) is 26.7. The molecule has 0 heterocycles. The molecule has 0 aliphatic rings. The number of primary amides is 1. The van der Waals surface area contributed by atoms with Gasteiger partial charge in [-0.2, -0.15) is 11.8 Å². The molecular formula is C29H40N6O8S. The normalized spacial score (nSPS) is 12.2. The first-order chi connectivity index (χ1) is 20.8. The fourth-order valence-electron chi connectivity index (χ4n) is 3.62. The maximum absolute atomic E-state index is 13.0. The van der Waals surface area contributed by atoms with Crippen LogP contribution in [-0.4, -0.2) is 88.9 Å². The van der Waals surface area contributed by atoms with Gasteiger partial charge in [-0.3, -0.25) is 28.8 Å². The van der Waals surface area contributed by atoms with Crippen LogP contribution in [0.4, 0.5) is 0 Å². The second-order valence-electron chi connectivity index (χ2n) is 9.55. The number of hydrogen-bond donors (Lipinski definition) is 8. The summed E-state index contributed by atoms with van der Waals surface area (Å²) in [4.78, 5) is 70.8. The Morgan fingerprint density at radius 3 is 1.93 bits per heavy atom. The third kappa shape index (κ3) is 16.1. The van der Waals surface area contributed by atoms with Crippen molar-refractivity contribution < 1.29 is 39.0 Å². The Bertz CT molecular complexity index is 1240. The van der Waals surface area contributed by atoms with Crippen LogP contribution in [-0.2, 0) is 41.6 Å². The van der Waals surface area contributed by atoms with E-state index in [1.807, 2.05) is 12.3 Å². The van der Waals surface area contributed by atoms with Crippen molar-refractivity contribution in [3.63, 3.8) is 0 Å². The van der Waals surface area contributed by atoms with Gasteiger partial charge in [0.25, 0.3) is 5.97 Å². The predicted octanol–water partition coefficient (Wildman–Crippen LogP) is -0.964. The summed E-state index contributed by atoms with van der Waals surface area (Å²) in [6, 6.07) is 12.4. The van der Waals surface area contributed by atoms with Crippen molar-refractivity contribution in [2.24, 2.45) is 11.5 Å². The summed E-state index contributed by atoms with van der Waals surface area (Å²) in [7, 11) is 0. The number of hydrogen-bond acceptors (Lipinski definition) is 9. The quantitative estimate of drug-likeness (QED) is 0.113. The molecule has 0 bridgehead atoms. The van der Waals surface area contributed by atoms with Crippen molar-refractivity contribution in [2.45, 2.75) is 44.3 Å². The molecular weight excluding hydrogens is 592 g/mol. The SMILES string of the molecule is CC(=O)O.CSCCC(NC(=O)C(Cc1ccccc1)NC(=O)CNC(=O)CNC(=O)C(N)Cc1ccc(O)cc1)C(N)=O. The average molecular weight is 633 g/mol. The lowest BCUT2D eigenvalue weighted by molar-refractivity contribution is -0.134. The minimum Gasteiger partial charge on any atom is -0.508 e. The third-order valence-electron chi connectivity index (χ3n) is 5.80. The van der Waals surface area contributed by atoms with Gasteiger partial charge in [-0.25, -0.2) is 0 Å². The fourth-order valence-corrected chi connectivity index (χ4v) is 4.09. The summed E-state index contributed by atoms with van der Waals surface area (Å²) in [5.41, 5.74) is 12.8. The topological polar surface area (TPSA) is 243 Å². The zero-order chi connectivity index (χ0) is 33.1. The Morgan fingerprint density at radius 2 is 1.36 bits per heavy atom. The number of nitrogens with two attached hydrogens (primary N) is 2. The predicted molar refractivity (Wildman–Crippen MR) is 165 cm³/mol. The summed E-state index contributed by atoms with van der Waals surface area (Å²) in [6.45, 7) is 0.234. The van der Waals surface area contributed by atoms with E-state index < -0.39 is 66.7 Å². The van der Waals surface area contributed by atoms with E-state index >= 15 is 0 Å². The second-order valence-corrected chi connectivity index (χ2v) is 10.5. The highest BCUT2D eigenvalue weighted by Crippen LogP contribution is 2.11. The highest BCUT2D eigenvalue weighted by Gasteiger charge is 2.26. The fraction of sp³-hybridized carbons (Fsp3) is 0.379. The van der Waals surface area contributed by atoms with Crippen molar-refractivity contribution in [3.05, 3.63) is 65.7 Å². The number of thioether (sulfide) groups is 1. The highest BCUT2D eigenvalue weighted by molar-refractivity contribution is 7.98. The number of rotatable bonds is 16. The number of phenols is 1. The number of nitrogens with one attached hydrogen (secondary N) is 4. The Balaban J connectivity index is 0.00000227. The number of aliphatic carboxylic acids is 1. The van der Waals surface area contributed by atoms with Gasteiger partial charge in [0.1, 0.15) is 17.8 Å². The van der Waals surface area contributed by atoms with Crippen molar-refractivity contribution in [3.8, 4) is 5.75 Å². The lowest BCUT2D eigenvalue weighted by Gasteiger charge is -2.22. The highest BCUT2D eigenvalue weighted by atomic mass is 32.2. The number of carbonyl (C=O) groups excluding carboxylic acids is 5. The maximum Gasteiger partial charge on any atom is 0.300 e. The van der Waals surface area contributed by atoms with Gasteiger partial charge in [0, 0.05) is 13.3 Å². The minimum absolute atomic E-state index is 0.0931. The summed E-state index contributed by atoms with van der Waals surface area (Å²) in [6.07, 6.45) is 2.56. The number of phenolic OH excluding ortho intramolecular Hbond substituents is 1. The first kappa shape index (κ1) is 37.4. The second kappa shape index (κ2) is 20.3. The number of carboxylic acids is 1. The van der Waals surface area contributed by atoms with Gasteiger partial charge in [-0.15, -0.1) is 0 Å². The monoisotopic (exact) mass is 632 g/mol. The molecule has 15 heteroatoms. The molecule has 2 aromatic rings. The van der Waals surface area contributed by atoms with Crippen molar-refractivity contribution in [2.75, 3.05) is 25.1 Å². The van der Waals surface area contributed by atoms with Gasteiger partial charge in [0.2, 0.25) is 29.5 Å². The van der Waals surface area contributed by atoms with E-state index in [9.17, 15) is 29.1 Å². The molecule has 0 saturated carbocycles. The molecule has 5 amide bonds. The van der Waals surface area contributed by atoms with Gasteiger partial charge < -0.3 is 42.9 Å². The molecule has 0 aromatic heterocycles. The molecule has 10 N–H and O–H groups in total. The average Bonchev–Trinajstić information content (AvgIpc) is 2.97. The molecule has 0 radical (unpaired) electrons. The Morgan fingerprint density at radius 1 is 0.795 bits per heavy atom. The van der Waals surface area contributed by atoms with E-state index in [4.69, 9.17) is 21.4 Å². The van der Waals surface area contributed by atoms with Crippen LogP contribution < -0.4 is 32.7 Å². The first-order valence-electron chi connectivity index (χ1n) is 13.5. The Hall–Kier alpha value is -4.63. The van der Waals surface area contributed by atoms with Crippen molar-refractivity contribution >= 4 is 47.3 Å². The standard InChI is InChI=1S/C27H36N6O6S.C2H4O2/c1-40-12-11-21(25(29)37)33-27(39)22(14-17-5-3-2-4-6-17)32-24(36)16-30-23(35)15-31-26(38)20(28)13-18-7-9-19(34)10-8-18;1-2(3)4/h2-10,20-22,34H,11-16,28H2,1H3,(H2,29,37)(H,30,35)(H,31,38)(H,32,36)(H,33,39);1H3,(H,3,4). The largest absolute Gasteiger partial charge is 0.508 e. The van der Waals surface area contributed by atoms with Gasteiger partial charge in [0.05, 0.1) is 19.1 Å². The lowest BCUT2D eigenvalue weighted by atomic mass is 10.0. The van der Waals surface area contributed by atoms with Crippen LogP contribution >= 0.6 is 11.8 Å². The smallest absolute Gasteiger partial charge is 0.300 e. The molecule has 0 aliphatic heterocycles. The molecule has 44 heavy (non-hydrogen) atoms. The summed E-state index contributed by atoms with van der Waals surface area (Å²) in [5.74, 6) is -3.22. The van der Waals surface area contributed by atoms with E-state index in [1.165, 1.54) is 23.9 Å². The minimum atomic E-state index is -1.03. The number of carboxylic acid groups (broad SMARTS) is 1. The van der Waals surface area contributed by atoms with Gasteiger partial charge in [0.15, 0.2) is 0 Å². The summed E-state index contributed by atoms with van der Waals surface area (Å²) < 4.78 is 0. The molecule has 3 unspecified atom stereocenters. The van der Waals surface area contributed by atoms with Crippen LogP contribution in [0.15, 0.2) is 54.6 Å². The van der Waals surface area contributed by atoms with Gasteiger partial charge in [-0.05, 0) is 48.1 Å². The molecule has 0 saturated heterocycles. The molecule has 0 spiro atoms. The van der Waals surface area contributed by atoms with E-state index in [-0.39, 0.29) is 18.6 Å². The zero-order valence-corrected chi connectivity index (χ0v) is 25.4. The van der Waals surface area contributed by atoms with Crippen molar-refractivity contribution in [1.82, 2.24) is 21.3 Å². The number of aromatic hydroxyl groups is 1. The molecule has 2 rings (SSSR count). The number of benzene rings is 2. The van der Waals surface area contributed by atoms with Crippen LogP contribution in [0, 0.1) is 0 Å². The van der Waals surface area contributed by atoms with Crippen LogP contribution in [0.2, 0.25) is 0 Å². The lowest BCUT2D eigenvalue weighted by Crippen LogP contribution is -2.55. The zero-order valence-electron chi connectivity index (χ0n) is 24.6. The molecule has 240 valence electrons. The molecule has 2 aromatic carbocycles. The maximum atomic E-state index is 13.0. The van der Waals surface area contributed by atoms with Gasteiger partial charge in [-0.1, -0.05) is 42.5 Å². The van der Waals surface area contributed by atoms with Crippen LogP contribution in [0.1, 0.15) is 24.5 Å². The molecule has 0 fully saturated rings. The van der Waals surface area contributed by atoms with Crippen LogP contribution in [0.5, 0.6) is 5.75 Å². The van der Waals surface area contributed by atoms with Crippen LogP contribution in [0.25, 0.3) is 0 Å². The van der Waals surface area contributed by atoms with Crippen LogP contribution in [0.3, 0.4) is 0 Å². The first-order valence-corrected chi connectivity index (χ1v) is 14.9. The van der Waals surface area contributed by atoms with Gasteiger partial charge >= 0.3 is 0 Å². The molecule has 3 atom stereocenters.